The number of carbonyl (C=O) groups excluding carboxylic acids is 1. The van der Waals surface area contributed by atoms with Crippen molar-refractivity contribution in [2.45, 2.75) is 13.1 Å². The van der Waals surface area contributed by atoms with E-state index < -0.39 is 18.8 Å². The van der Waals surface area contributed by atoms with Gasteiger partial charge in [-0.2, -0.15) is 13.2 Å². The van der Waals surface area contributed by atoms with Crippen LogP contribution in [0.3, 0.4) is 0 Å². The van der Waals surface area contributed by atoms with Crippen molar-refractivity contribution in [3.8, 4) is 0 Å². The molecule has 2 amide bonds. The van der Waals surface area contributed by atoms with Gasteiger partial charge in [0.2, 0.25) is 0 Å². The lowest BCUT2D eigenvalue weighted by Gasteiger charge is -2.09. The van der Waals surface area contributed by atoms with E-state index in [1.165, 1.54) is 0 Å². The molecule has 6 heteroatoms. The predicted molar refractivity (Wildman–Crippen MR) is 42.3 cm³/mol. The molecule has 0 fully saturated rings. The number of rotatable bonds is 3. The molecule has 2 N–H and O–H groups in total. The first-order chi connectivity index (χ1) is 5.81. The zero-order chi connectivity index (χ0) is 10.5. The van der Waals surface area contributed by atoms with Gasteiger partial charge >= 0.3 is 12.2 Å². The van der Waals surface area contributed by atoms with Gasteiger partial charge in [0.25, 0.3) is 0 Å². The zero-order valence-electron chi connectivity index (χ0n) is 7.16. The molecule has 0 atom stereocenters. The highest BCUT2D eigenvalue weighted by molar-refractivity contribution is 5.74. The Morgan fingerprint density at radius 1 is 1.38 bits per heavy atom. The maximum absolute atomic E-state index is 11.6. The summed E-state index contributed by atoms with van der Waals surface area (Å²) in [5.74, 6) is 0. The van der Waals surface area contributed by atoms with Crippen LogP contribution in [-0.2, 0) is 0 Å². The SMILES string of the molecule is C=C(C)CNC(=O)NCC(F)(F)F. The fourth-order valence-electron chi connectivity index (χ4n) is 0.474. The van der Waals surface area contributed by atoms with Crippen LogP contribution in [0.5, 0.6) is 0 Å². The second-order valence-electron chi connectivity index (χ2n) is 2.61. The van der Waals surface area contributed by atoms with Gasteiger partial charge < -0.3 is 10.6 Å². The molecule has 0 radical (unpaired) electrons. The molecule has 0 aromatic heterocycles. The maximum Gasteiger partial charge on any atom is 0.405 e. The molecule has 0 aromatic carbocycles. The Bertz CT molecular complexity index is 200. The Hall–Kier alpha value is -1.20. The van der Waals surface area contributed by atoms with Crippen LogP contribution in [0.1, 0.15) is 6.92 Å². The van der Waals surface area contributed by atoms with Gasteiger partial charge in [0.15, 0.2) is 0 Å². The van der Waals surface area contributed by atoms with Crippen LogP contribution in [0.2, 0.25) is 0 Å². The van der Waals surface area contributed by atoms with Crippen LogP contribution >= 0.6 is 0 Å². The van der Waals surface area contributed by atoms with E-state index >= 15 is 0 Å². The third-order valence-corrected chi connectivity index (χ3v) is 1.00. The summed E-state index contributed by atoms with van der Waals surface area (Å²) in [5, 5.41) is 3.87. The maximum atomic E-state index is 11.6. The van der Waals surface area contributed by atoms with Crippen molar-refractivity contribution in [2.75, 3.05) is 13.1 Å². The predicted octanol–water partition coefficient (Wildman–Crippen LogP) is 1.42. The van der Waals surface area contributed by atoms with Gasteiger partial charge in [0.1, 0.15) is 6.54 Å². The molecule has 76 valence electrons. The minimum absolute atomic E-state index is 0.170. The molecule has 0 aliphatic rings. The zero-order valence-corrected chi connectivity index (χ0v) is 7.16. The van der Waals surface area contributed by atoms with Crippen LogP contribution in [0.15, 0.2) is 12.2 Å². The number of amides is 2. The van der Waals surface area contributed by atoms with Gasteiger partial charge in [-0.3, -0.25) is 0 Å². The van der Waals surface area contributed by atoms with E-state index in [1.54, 1.807) is 12.2 Å². The summed E-state index contributed by atoms with van der Waals surface area (Å²) in [4.78, 5) is 10.6. The molecule has 0 aliphatic heterocycles. The lowest BCUT2D eigenvalue weighted by molar-refractivity contribution is -0.122. The lowest BCUT2D eigenvalue weighted by Crippen LogP contribution is -2.41. The number of carbonyl (C=O) groups is 1. The van der Waals surface area contributed by atoms with Crippen LogP contribution in [-0.4, -0.2) is 25.3 Å². The first kappa shape index (κ1) is 11.8. The largest absolute Gasteiger partial charge is 0.405 e. The summed E-state index contributed by atoms with van der Waals surface area (Å²) in [6.45, 7) is 3.97. The molecule has 0 saturated heterocycles. The Kier molecular flexibility index (Phi) is 4.30. The molecular formula is C7H11F3N2O. The van der Waals surface area contributed by atoms with Crippen LogP contribution in [0.4, 0.5) is 18.0 Å². The van der Waals surface area contributed by atoms with Crippen molar-refractivity contribution in [1.82, 2.24) is 10.6 Å². The first-order valence-corrected chi connectivity index (χ1v) is 3.54. The van der Waals surface area contributed by atoms with E-state index in [0.717, 1.165) is 0 Å². The fraction of sp³-hybridized carbons (Fsp3) is 0.571. The Morgan fingerprint density at radius 2 is 1.92 bits per heavy atom. The lowest BCUT2D eigenvalue weighted by atomic mass is 10.3. The highest BCUT2D eigenvalue weighted by atomic mass is 19.4. The molecule has 0 bridgehead atoms. The van der Waals surface area contributed by atoms with E-state index in [4.69, 9.17) is 0 Å². The summed E-state index contributed by atoms with van der Waals surface area (Å²) < 4.78 is 34.7. The Labute approximate surface area is 74.0 Å². The smallest absolute Gasteiger partial charge is 0.334 e. The highest BCUT2D eigenvalue weighted by Crippen LogP contribution is 2.11. The minimum atomic E-state index is -4.37. The highest BCUT2D eigenvalue weighted by Gasteiger charge is 2.27. The second-order valence-corrected chi connectivity index (χ2v) is 2.61. The van der Waals surface area contributed by atoms with Gasteiger partial charge in [0.05, 0.1) is 0 Å². The molecule has 0 spiro atoms. The topological polar surface area (TPSA) is 41.1 Å². The monoisotopic (exact) mass is 196 g/mol. The molecule has 0 aliphatic carbocycles. The average Bonchev–Trinajstić information content (AvgIpc) is 1.95. The van der Waals surface area contributed by atoms with Crippen LogP contribution in [0.25, 0.3) is 0 Å². The normalized spacial score (nSPS) is 10.8. The standard InChI is InChI=1S/C7H11F3N2O/c1-5(2)3-11-6(13)12-4-7(8,9)10/h1,3-4H2,2H3,(H2,11,12,13). The number of urea groups is 1. The van der Waals surface area contributed by atoms with Gasteiger partial charge in [-0.15, -0.1) is 0 Å². The van der Waals surface area contributed by atoms with Crippen LogP contribution < -0.4 is 10.6 Å². The molecule has 0 unspecified atom stereocenters. The second kappa shape index (κ2) is 4.74. The number of halogens is 3. The molecule has 0 saturated carbocycles. The fourth-order valence-corrected chi connectivity index (χ4v) is 0.474. The van der Waals surface area contributed by atoms with E-state index in [-0.39, 0.29) is 6.54 Å². The summed E-state index contributed by atoms with van der Waals surface area (Å²) in [5.41, 5.74) is 0.669. The number of hydrogen-bond donors (Lipinski definition) is 2. The molecule has 0 aromatic rings. The minimum Gasteiger partial charge on any atom is -0.334 e. The Balaban J connectivity index is 3.58. The summed E-state index contributed by atoms with van der Waals surface area (Å²) in [6.07, 6.45) is -4.37. The van der Waals surface area contributed by atoms with Gasteiger partial charge in [-0.05, 0) is 6.92 Å². The number of hydrogen-bond acceptors (Lipinski definition) is 1. The third-order valence-electron chi connectivity index (χ3n) is 1.00. The molecule has 0 rings (SSSR count). The van der Waals surface area contributed by atoms with Crippen molar-refractivity contribution >= 4 is 6.03 Å². The van der Waals surface area contributed by atoms with E-state index in [9.17, 15) is 18.0 Å². The van der Waals surface area contributed by atoms with Crippen molar-refractivity contribution in [2.24, 2.45) is 0 Å². The molecule has 13 heavy (non-hydrogen) atoms. The van der Waals surface area contributed by atoms with Gasteiger partial charge in [0, 0.05) is 6.54 Å². The number of nitrogens with one attached hydrogen (secondary N) is 2. The van der Waals surface area contributed by atoms with E-state index in [2.05, 4.69) is 11.9 Å². The number of alkyl halides is 3. The summed E-state index contributed by atoms with van der Waals surface area (Å²) in [7, 11) is 0. The van der Waals surface area contributed by atoms with Gasteiger partial charge in [-0.25, -0.2) is 4.79 Å². The average molecular weight is 196 g/mol. The molecule has 3 nitrogen and oxygen atoms in total. The third kappa shape index (κ3) is 8.71. The summed E-state index contributed by atoms with van der Waals surface area (Å²) in [6, 6.07) is -0.847. The van der Waals surface area contributed by atoms with E-state index in [0.29, 0.717) is 5.57 Å². The quantitative estimate of drug-likeness (QED) is 0.658. The summed E-state index contributed by atoms with van der Waals surface area (Å²) >= 11 is 0. The van der Waals surface area contributed by atoms with Gasteiger partial charge in [-0.1, -0.05) is 12.2 Å². The molecule has 0 heterocycles. The first-order valence-electron chi connectivity index (χ1n) is 3.54. The van der Waals surface area contributed by atoms with Crippen LogP contribution in [0, 0.1) is 0 Å². The van der Waals surface area contributed by atoms with Crippen molar-refractivity contribution in [3.05, 3.63) is 12.2 Å². The molecular weight excluding hydrogens is 185 g/mol. The van der Waals surface area contributed by atoms with Crippen molar-refractivity contribution < 1.29 is 18.0 Å². The Morgan fingerprint density at radius 3 is 2.31 bits per heavy atom. The van der Waals surface area contributed by atoms with Crippen molar-refractivity contribution in [1.29, 1.82) is 0 Å². The van der Waals surface area contributed by atoms with Crippen molar-refractivity contribution in [3.63, 3.8) is 0 Å². The van der Waals surface area contributed by atoms with E-state index in [1.807, 2.05) is 0 Å².